The molecule has 0 radical (unpaired) electrons. The van der Waals surface area contributed by atoms with Crippen LogP contribution in [-0.4, -0.2) is 29.7 Å². The molecule has 136 valence electrons. The van der Waals surface area contributed by atoms with Crippen molar-refractivity contribution in [1.82, 2.24) is 5.43 Å². The molecular formula is C18H18IN3O4. The number of benzene rings is 2. The number of ether oxygens (including phenoxy) is 1. The van der Waals surface area contributed by atoms with Gasteiger partial charge < -0.3 is 15.2 Å². The Morgan fingerprint density at radius 2 is 1.96 bits per heavy atom. The third kappa shape index (κ3) is 6.03. The van der Waals surface area contributed by atoms with Crippen molar-refractivity contribution >= 4 is 46.3 Å². The van der Waals surface area contributed by atoms with Crippen molar-refractivity contribution < 1.29 is 19.4 Å². The molecule has 0 aliphatic rings. The Morgan fingerprint density at radius 1 is 1.23 bits per heavy atom. The zero-order chi connectivity index (χ0) is 18.9. The average molecular weight is 467 g/mol. The lowest BCUT2D eigenvalue weighted by Gasteiger charge is -2.08. The lowest BCUT2D eigenvalue weighted by Crippen LogP contribution is -2.24. The molecule has 0 unspecified atom stereocenters. The number of anilines is 1. The fourth-order valence-corrected chi connectivity index (χ4v) is 2.65. The van der Waals surface area contributed by atoms with E-state index >= 15 is 0 Å². The van der Waals surface area contributed by atoms with Gasteiger partial charge in [0.25, 0.3) is 0 Å². The van der Waals surface area contributed by atoms with E-state index in [9.17, 15) is 14.7 Å². The van der Waals surface area contributed by atoms with Crippen molar-refractivity contribution in [1.29, 1.82) is 0 Å². The van der Waals surface area contributed by atoms with Crippen LogP contribution in [0.3, 0.4) is 0 Å². The molecule has 8 heteroatoms. The van der Waals surface area contributed by atoms with Gasteiger partial charge in [-0.15, -0.1) is 0 Å². The van der Waals surface area contributed by atoms with Gasteiger partial charge >= 0.3 is 0 Å². The Balaban J connectivity index is 1.89. The van der Waals surface area contributed by atoms with Gasteiger partial charge in [0.05, 0.1) is 16.4 Å². The summed E-state index contributed by atoms with van der Waals surface area (Å²) in [5.74, 6) is -0.560. The summed E-state index contributed by atoms with van der Waals surface area (Å²) in [6.07, 6.45) is 1.07. The number of hydrazone groups is 1. The summed E-state index contributed by atoms with van der Waals surface area (Å²) < 4.78 is 5.94. The number of aromatic hydroxyl groups is 1. The first-order valence-electron chi connectivity index (χ1n) is 7.81. The van der Waals surface area contributed by atoms with E-state index in [4.69, 9.17) is 4.74 Å². The van der Waals surface area contributed by atoms with Crippen LogP contribution in [0.2, 0.25) is 0 Å². The van der Waals surface area contributed by atoms with Gasteiger partial charge in [-0.25, -0.2) is 5.43 Å². The summed E-state index contributed by atoms with van der Waals surface area (Å²) in [5.41, 5.74) is 3.56. The van der Waals surface area contributed by atoms with Gasteiger partial charge in [-0.2, -0.15) is 5.10 Å². The molecule has 7 nitrogen and oxygen atoms in total. The molecule has 0 aliphatic heterocycles. The normalized spacial score (nSPS) is 10.5. The second-order valence-electron chi connectivity index (χ2n) is 5.17. The number of hydrogen-bond donors (Lipinski definition) is 3. The number of hydrogen-bond acceptors (Lipinski definition) is 5. The van der Waals surface area contributed by atoms with E-state index in [1.54, 1.807) is 36.4 Å². The Labute approximate surface area is 164 Å². The van der Waals surface area contributed by atoms with Crippen LogP contribution in [0.5, 0.6) is 11.5 Å². The van der Waals surface area contributed by atoms with Gasteiger partial charge in [-0.05, 0) is 59.3 Å². The van der Waals surface area contributed by atoms with E-state index < -0.39 is 11.8 Å². The number of carbonyl (C=O) groups is 2. The number of nitrogens with one attached hydrogen (secondary N) is 2. The van der Waals surface area contributed by atoms with Crippen molar-refractivity contribution in [2.45, 2.75) is 13.3 Å². The summed E-state index contributed by atoms with van der Waals surface area (Å²) in [7, 11) is 0. The number of phenols is 1. The van der Waals surface area contributed by atoms with Crippen LogP contribution in [-0.2, 0) is 9.59 Å². The van der Waals surface area contributed by atoms with Gasteiger partial charge in [0, 0.05) is 5.69 Å². The smallest absolute Gasteiger partial charge is 0.249 e. The number of para-hydroxylation sites is 1. The van der Waals surface area contributed by atoms with Gasteiger partial charge in [0.2, 0.25) is 11.8 Å². The zero-order valence-corrected chi connectivity index (χ0v) is 16.2. The summed E-state index contributed by atoms with van der Waals surface area (Å²) in [4.78, 5) is 23.6. The molecule has 2 rings (SSSR count). The van der Waals surface area contributed by atoms with Crippen molar-refractivity contribution in [2.75, 3.05) is 11.9 Å². The molecule has 0 spiro atoms. The SMILES string of the molecule is CCOc1cc(C=NNC(=O)CC(=O)Nc2ccccc2)cc(I)c1O. The van der Waals surface area contributed by atoms with E-state index in [1.807, 2.05) is 35.6 Å². The minimum absolute atomic E-state index is 0.0613. The maximum absolute atomic E-state index is 11.8. The molecule has 0 fully saturated rings. The molecule has 2 aromatic carbocycles. The molecule has 0 bridgehead atoms. The standard InChI is InChI=1S/C18H18IN3O4/c1-2-26-15-9-12(8-14(19)18(15)25)11-20-22-17(24)10-16(23)21-13-6-4-3-5-7-13/h3-9,11,25H,2,10H2,1H3,(H,21,23)(H,22,24). The third-order valence-electron chi connectivity index (χ3n) is 3.13. The third-order valence-corrected chi connectivity index (χ3v) is 3.95. The van der Waals surface area contributed by atoms with Crippen LogP contribution in [0, 0.1) is 3.57 Å². The second kappa shape index (κ2) is 9.76. The first-order valence-corrected chi connectivity index (χ1v) is 8.89. The monoisotopic (exact) mass is 467 g/mol. The number of amides is 2. The zero-order valence-electron chi connectivity index (χ0n) is 14.0. The van der Waals surface area contributed by atoms with Crippen LogP contribution in [0.1, 0.15) is 18.9 Å². The van der Waals surface area contributed by atoms with Crippen molar-refractivity contribution in [2.24, 2.45) is 5.10 Å². The Kier molecular flexibility index (Phi) is 7.39. The highest BCUT2D eigenvalue weighted by Crippen LogP contribution is 2.32. The summed E-state index contributed by atoms with van der Waals surface area (Å²) >= 11 is 1.97. The highest BCUT2D eigenvalue weighted by Gasteiger charge is 2.10. The maximum atomic E-state index is 11.8. The topological polar surface area (TPSA) is 100 Å². The Bertz CT molecular complexity index is 810. The van der Waals surface area contributed by atoms with Gasteiger partial charge in [0.1, 0.15) is 6.42 Å². The highest BCUT2D eigenvalue weighted by atomic mass is 127. The lowest BCUT2D eigenvalue weighted by atomic mass is 10.2. The number of rotatable bonds is 7. The van der Waals surface area contributed by atoms with Crippen molar-refractivity contribution in [3.05, 3.63) is 51.6 Å². The summed E-state index contributed by atoms with van der Waals surface area (Å²) in [6, 6.07) is 12.2. The van der Waals surface area contributed by atoms with Gasteiger partial charge in [-0.1, -0.05) is 18.2 Å². The molecule has 0 saturated carbocycles. The molecule has 0 heterocycles. The van der Waals surface area contributed by atoms with E-state index in [-0.39, 0.29) is 12.2 Å². The second-order valence-corrected chi connectivity index (χ2v) is 6.33. The molecule has 2 aromatic rings. The Morgan fingerprint density at radius 3 is 2.65 bits per heavy atom. The summed E-state index contributed by atoms with van der Waals surface area (Å²) in [5, 5.41) is 16.3. The number of halogens is 1. The van der Waals surface area contributed by atoms with Gasteiger partial charge in [-0.3, -0.25) is 9.59 Å². The predicted molar refractivity (Wildman–Crippen MR) is 107 cm³/mol. The van der Waals surface area contributed by atoms with Crippen LogP contribution in [0.15, 0.2) is 47.6 Å². The molecule has 0 aromatic heterocycles. The molecule has 2 amide bonds. The molecule has 3 N–H and O–H groups in total. The summed E-state index contributed by atoms with van der Waals surface area (Å²) in [6.45, 7) is 2.23. The minimum Gasteiger partial charge on any atom is -0.504 e. The Hall–Kier alpha value is -2.62. The van der Waals surface area contributed by atoms with Gasteiger partial charge in [0.15, 0.2) is 11.5 Å². The lowest BCUT2D eigenvalue weighted by molar-refractivity contribution is -0.126. The maximum Gasteiger partial charge on any atom is 0.249 e. The molecular weight excluding hydrogens is 449 g/mol. The van der Waals surface area contributed by atoms with Crippen molar-refractivity contribution in [3.8, 4) is 11.5 Å². The van der Waals surface area contributed by atoms with E-state index in [0.717, 1.165) is 0 Å². The largest absolute Gasteiger partial charge is 0.504 e. The molecule has 26 heavy (non-hydrogen) atoms. The molecule has 0 aliphatic carbocycles. The fourth-order valence-electron chi connectivity index (χ4n) is 2.02. The first kappa shape index (κ1) is 19.7. The number of nitrogens with zero attached hydrogens (tertiary/aromatic N) is 1. The van der Waals surface area contributed by atoms with E-state index in [0.29, 0.717) is 27.2 Å². The van der Waals surface area contributed by atoms with Crippen LogP contribution >= 0.6 is 22.6 Å². The molecule has 0 atom stereocenters. The average Bonchev–Trinajstić information content (AvgIpc) is 2.60. The van der Waals surface area contributed by atoms with Crippen LogP contribution < -0.4 is 15.5 Å². The van der Waals surface area contributed by atoms with Crippen molar-refractivity contribution in [3.63, 3.8) is 0 Å². The quantitative estimate of drug-likeness (QED) is 0.252. The fraction of sp³-hybridized carbons (Fsp3) is 0.167. The van der Waals surface area contributed by atoms with E-state index in [2.05, 4.69) is 15.8 Å². The first-order chi connectivity index (χ1) is 12.5. The number of carbonyl (C=O) groups excluding carboxylic acids is 2. The predicted octanol–water partition coefficient (Wildman–Crippen LogP) is 2.87. The van der Waals surface area contributed by atoms with Crippen LogP contribution in [0.25, 0.3) is 0 Å². The van der Waals surface area contributed by atoms with E-state index in [1.165, 1.54) is 6.21 Å². The minimum atomic E-state index is -0.534. The molecule has 0 saturated heterocycles. The van der Waals surface area contributed by atoms with Crippen LogP contribution in [0.4, 0.5) is 5.69 Å². The highest BCUT2D eigenvalue weighted by molar-refractivity contribution is 14.1. The number of phenolic OH excluding ortho intramolecular Hbond substituents is 1.